The van der Waals surface area contributed by atoms with Crippen molar-refractivity contribution < 1.29 is 9.53 Å². The molecular weight excluding hydrogens is 306 g/mol. The van der Waals surface area contributed by atoms with Crippen LogP contribution in [0.1, 0.15) is 13.8 Å². The molecule has 9 nitrogen and oxygen atoms in total. The predicted octanol–water partition coefficient (Wildman–Crippen LogP) is -0.389. The number of nitrogens with zero attached hydrogens (tertiary/aromatic N) is 4. The number of thioether (sulfide) groups is 1. The van der Waals surface area contributed by atoms with E-state index in [9.17, 15) is 4.79 Å². The van der Waals surface area contributed by atoms with E-state index in [2.05, 4.69) is 25.7 Å². The van der Waals surface area contributed by atoms with Crippen molar-refractivity contribution in [1.29, 1.82) is 0 Å². The normalized spacial score (nSPS) is 16.2. The summed E-state index contributed by atoms with van der Waals surface area (Å²) in [6.07, 6.45) is 0. The van der Waals surface area contributed by atoms with Crippen molar-refractivity contribution >= 4 is 29.6 Å². The third-order valence-electron chi connectivity index (χ3n) is 3.03. The highest BCUT2D eigenvalue weighted by molar-refractivity contribution is 8.00. The van der Waals surface area contributed by atoms with Crippen molar-refractivity contribution in [2.24, 2.45) is 5.84 Å². The fourth-order valence-electron chi connectivity index (χ4n) is 1.87. The highest BCUT2D eigenvalue weighted by Crippen LogP contribution is 2.23. The summed E-state index contributed by atoms with van der Waals surface area (Å²) in [6.45, 7) is 7.19. The minimum atomic E-state index is -0.389. The average Bonchev–Trinajstić information content (AvgIpc) is 2.55. The molecule has 0 aliphatic carbocycles. The Labute approximate surface area is 133 Å². The Bertz CT molecular complexity index is 510. The molecule has 22 heavy (non-hydrogen) atoms. The largest absolute Gasteiger partial charge is 0.378 e. The molecule has 1 saturated heterocycles. The monoisotopic (exact) mass is 327 g/mol. The number of nitrogens with two attached hydrogens (primary N) is 1. The number of rotatable bonds is 6. The highest BCUT2D eigenvalue weighted by atomic mass is 32.2. The number of hydrazine groups is 1. The van der Waals surface area contributed by atoms with Crippen molar-refractivity contribution in [2.45, 2.75) is 24.3 Å². The van der Waals surface area contributed by atoms with Crippen molar-refractivity contribution in [2.75, 3.05) is 43.1 Å². The average molecular weight is 327 g/mol. The van der Waals surface area contributed by atoms with Gasteiger partial charge in [-0.1, -0.05) is 11.8 Å². The lowest BCUT2D eigenvalue weighted by atomic mass is 10.4. The number of carbonyl (C=O) groups excluding carboxylic acids is 1. The number of anilines is 2. The summed E-state index contributed by atoms with van der Waals surface area (Å²) in [4.78, 5) is 26.8. The highest BCUT2D eigenvalue weighted by Gasteiger charge is 2.19. The summed E-state index contributed by atoms with van der Waals surface area (Å²) >= 11 is 1.24. The molecule has 10 heteroatoms. The molecule has 0 spiro atoms. The molecule has 0 aromatic carbocycles. The molecule has 1 amide bonds. The zero-order valence-electron chi connectivity index (χ0n) is 12.7. The van der Waals surface area contributed by atoms with Crippen molar-refractivity contribution in [1.82, 2.24) is 20.4 Å². The number of hydrogen-bond donors (Lipinski definition) is 3. The first-order chi connectivity index (χ1) is 10.6. The molecule has 1 unspecified atom stereocenters. The lowest BCUT2D eigenvalue weighted by Crippen LogP contribution is -2.38. The smallest absolute Gasteiger partial charge is 0.247 e. The van der Waals surface area contributed by atoms with Gasteiger partial charge in [0.1, 0.15) is 0 Å². The Morgan fingerprint density at radius 1 is 1.41 bits per heavy atom. The number of carbonyl (C=O) groups is 1. The second kappa shape index (κ2) is 8.11. The van der Waals surface area contributed by atoms with E-state index in [1.54, 1.807) is 6.92 Å². The van der Waals surface area contributed by atoms with E-state index in [0.29, 0.717) is 36.8 Å². The zero-order chi connectivity index (χ0) is 15.9. The van der Waals surface area contributed by atoms with Gasteiger partial charge in [0.2, 0.25) is 17.8 Å². The summed E-state index contributed by atoms with van der Waals surface area (Å²) in [5, 5.41) is 3.19. The third kappa shape index (κ3) is 4.42. The SMILES string of the molecule is CCNc1nc(SC(C)C(=O)NN)nc(N2CCOCC2)n1. The molecule has 4 N–H and O–H groups in total. The minimum absolute atomic E-state index is 0.275. The molecule has 1 aromatic heterocycles. The van der Waals surface area contributed by atoms with Crippen LogP contribution in [0.5, 0.6) is 0 Å². The Morgan fingerprint density at radius 3 is 2.77 bits per heavy atom. The van der Waals surface area contributed by atoms with Crippen LogP contribution in [-0.2, 0) is 9.53 Å². The molecular formula is C12H21N7O2S. The van der Waals surface area contributed by atoms with Crippen LogP contribution in [-0.4, -0.2) is 59.0 Å². The fourth-order valence-corrected chi connectivity index (χ4v) is 2.63. The summed E-state index contributed by atoms with van der Waals surface area (Å²) < 4.78 is 5.34. The van der Waals surface area contributed by atoms with Crippen LogP contribution in [0.25, 0.3) is 0 Å². The Kier molecular flexibility index (Phi) is 6.16. The van der Waals surface area contributed by atoms with E-state index in [1.807, 2.05) is 11.8 Å². The zero-order valence-corrected chi connectivity index (χ0v) is 13.5. The van der Waals surface area contributed by atoms with E-state index < -0.39 is 0 Å². The van der Waals surface area contributed by atoms with Gasteiger partial charge in [0.15, 0.2) is 5.16 Å². The van der Waals surface area contributed by atoms with Crippen molar-refractivity contribution in [3.63, 3.8) is 0 Å². The molecule has 1 atom stereocenters. The first-order valence-electron chi connectivity index (χ1n) is 7.13. The lowest BCUT2D eigenvalue weighted by molar-refractivity contribution is -0.120. The van der Waals surface area contributed by atoms with E-state index in [0.717, 1.165) is 13.1 Å². The summed E-state index contributed by atoms with van der Waals surface area (Å²) in [6, 6.07) is 0. The molecule has 1 aromatic rings. The molecule has 2 rings (SSSR count). The minimum Gasteiger partial charge on any atom is -0.378 e. The first kappa shape index (κ1) is 16.7. The molecule has 0 bridgehead atoms. The summed E-state index contributed by atoms with van der Waals surface area (Å²) in [7, 11) is 0. The number of amides is 1. The van der Waals surface area contributed by atoms with Gasteiger partial charge in [-0.25, -0.2) is 5.84 Å². The number of nitrogens with one attached hydrogen (secondary N) is 2. The number of aromatic nitrogens is 3. The third-order valence-corrected chi connectivity index (χ3v) is 3.99. The van der Waals surface area contributed by atoms with E-state index >= 15 is 0 Å². The van der Waals surface area contributed by atoms with Gasteiger partial charge < -0.3 is 15.0 Å². The van der Waals surface area contributed by atoms with Crippen LogP contribution in [0.15, 0.2) is 5.16 Å². The fraction of sp³-hybridized carbons (Fsp3) is 0.667. The predicted molar refractivity (Wildman–Crippen MR) is 84.7 cm³/mol. The number of hydrogen-bond acceptors (Lipinski definition) is 9. The van der Waals surface area contributed by atoms with Gasteiger partial charge in [-0.3, -0.25) is 10.2 Å². The van der Waals surface area contributed by atoms with Gasteiger partial charge in [-0.15, -0.1) is 0 Å². The summed E-state index contributed by atoms with van der Waals surface area (Å²) in [5.74, 6) is 5.97. The lowest BCUT2D eigenvalue weighted by Gasteiger charge is -2.27. The van der Waals surface area contributed by atoms with Gasteiger partial charge in [0.25, 0.3) is 0 Å². The van der Waals surface area contributed by atoms with Crippen LogP contribution in [0.2, 0.25) is 0 Å². The van der Waals surface area contributed by atoms with Crippen LogP contribution in [0.3, 0.4) is 0 Å². The van der Waals surface area contributed by atoms with Crippen LogP contribution < -0.4 is 21.5 Å². The molecule has 0 saturated carbocycles. The van der Waals surface area contributed by atoms with E-state index in [-0.39, 0.29) is 11.2 Å². The van der Waals surface area contributed by atoms with Gasteiger partial charge in [-0.2, -0.15) is 15.0 Å². The second-order valence-corrected chi connectivity index (χ2v) is 5.95. The molecule has 1 aliphatic rings. The molecule has 0 radical (unpaired) electrons. The Balaban J connectivity index is 2.20. The molecule has 122 valence electrons. The quantitative estimate of drug-likeness (QED) is 0.278. The van der Waals surface area contributed by atoms with E-state index in [1.165, 1.54) is 11.8 Å². The van der Waals surface area contributed by atoms with E-state index in [4.69, 9.17) is 10.6 Å². The Hall–Kier alpha value is -1.65. The Morgan fingerprint density at radius 2 is 2.14 bits per heavy atom. The maximum Gasteiger partial charge on any atom is 0.247 e. The first-order valence-corrected chi connectivity index (χ1v) is 8.01. The standard InChI is InChI=1S/C12H21N7O2S/c1-3-14-10-15-11(19-4-6-21-7-5-19)17-12(16-10)22-8(2)9(20)18-13/h8H,3-7,13H2,1-2H3,(H,18,20)(H,14,15,16,17). The van der Waals surface area contributed by atoms with Gasteiger partial charge in [0.05, 0.1) is 18.5 Å². The van der Waals surface area contributed by atoms with Gasteiger partial charge in [-0.05, 0) is 13.8 Å². The summed E-state index contributed by atoms with van der Waals surface area (Å²) in [5.41, 5.74) is 2.13. The van der Waals surface area contributed by atoms with Crippen molar-refractivity contribution in [3.8, 4) is 0 Å². The van der Waals surface area contributed by atoms with Crippen molar-refractivity contribution in [3.05, 3.63) is 0 Å². The molecule has 1 aliphatic heterocycles. The molecule has 1 fully saturated rings. The van der Waals surface area contributed by atoms with Crippen LogP contribution >= 0.6 is 11.8 Å². The number of morpholine rings is 1. The second-order valence-electron chi connectivity index (χ2n) is 4.64. The maximum absolute atomic E-state index is 11.5. The maximum atomic E-state index is 11.5. The van der Waals surface area contributed by atoms with Crippen LogP contribution in [0, 0.1) is 0 Å². The van der Waals surface area contributed by atoms with Gasteiger partial charge in [0, 0.05) is 19.6 Å². The van der Waals surface area contributed by atoms with Crippen LogP contribution in [0.4, 0.5) is 11.9 Å². The van der Waals surface area contributed by atoms with Gasteiger partial charge >= 0.3 is 0 Å². The molecule has 2 heterocycles. The topological polar surface area (TPSA) is 118 Å². The number of ether oxygens (including phenoxy) is 1.